The van der Waals surface area contributed by atoms with Crippen molar-refractivity contribution in [2.75, 3.05) is 5.32 Å². The monoisotopic (exact) mass is 348 g/mol. The van der Waals surface area contributed by atoms with Crippen LogP contribution in [0.25, 0.3) is 0 Å². The number of nitriles is 1. The Morgan fingerprint density at radius 3 is 2.50 bits per heavy atom. The molecule has 1 amide bonds. The highest BCUT2D eigenvalue weighted by atomic mass is 79.9. The molecule has 0 aliphatic carbocycles. The van der Waals surface area contributed by atoms with E-state index in [4.69, 9.17) is 16.9 Å². The highest BCUT2D eigenvalue weighted by molar-refractivity contribution is 9.08. The van der Waals surface area contributed by atoms with Gasteiger partial charge in [0.1, 0.15) is 0 Å². The van der Waals surface area contributed by atoms with Crippen molar-refractivity contribution in [3.05, 3.63) is 64.2 Å². The molecule has 100 valence electrons. The van der Waals surface area contributed by atoms with E-state index in [1.165, 1.54) is 6.07 Å². The first-order valence-electron chi connectivity index (χ1n) is 5.80. The molecule has 0 saturated heterocycles. The average Bonchev–Trinajstić information content (AvgIpc) is 2.49. The van der Waals surface area contributed by atoms with Crippen LogP contribution in [-0.2, 0) is 5.33 Å². The van der Waals surface area contributed by atoms with Crippen molar-refractivity contribution < 1.29 is 4.79 Å². The van der Waals surface area contributed by atoms with Crippen molar-refractivity contribution in [2.24, 2.45) is 0 Å². The lowest BCUT2D eigenvalue weighted by Gasteiger charge is -2.07. The minimum Gasteiger partial charge on any atom is -0.321 e. The Balaban J connectivity index is 2.17. The summed E-state index contributed by atoms with van der Waals surface area (Å²) in [5, 5.41) is 12.6. The fourth-order valence-corrected chi connectivity index (χ4v) is 2.23. The summed E-state index contributed by atoms with van der Waals surface area (Å²) in [5.41, 5.74) is 2.59. The molecule has 0 unspecified atom stereocenters. The number of halogens is 2. The lowest BCUT2D eigenvalue weighted by molar-refractivity contribution is 0.102. The van der Waals surface area contributed by atoms with Gasteiger partial charge in [-0.2, -0.15) is 5.26 Å². The topological polar surface area (TPSA) is 52.9 Å². The molecular formula is C15H10BrClN2O. The molecule has 0 fully saturated rings. The number of carbonyl (C=O) groups excluding carboxylic acids is 1. The SMILES string of the molecule is N#Cc1ccc(NC(=O)c2ccc(CBr)cc2)c(Cl)c1. The van der Waals surface area contributed by atoms with Gasteiger partial charge in [-0.1, -0.05) is 39.7 Å². The first kappa shape index (κ1) is 14.6. The van der Waals surface area contributed by atoms with Crippen molar-refractivity contribution in [3.8, 4) is 6.07 Å². The van der Waals surface area contributed by atoms with Gasteiger partial charge in [0.2, 0.25) is 0 Å². The summed E-state index contributed by atoms with van der Waals surface area (Å²) in [4.78, 5) is 12.1. The molecule has 20 heavy (non-hydrogen) atoms. The van der Waals surface area contributed by atoms with Crippen LogP contribution in [-0.4, -0.2) is 5.91 Å². The van der Waals surface area contributed by atoms with E-state index >= 15 is 0 Å². The zero-order valence-corrected chi connectivity index (χ0v) is 12.7. The van der Waals surface area contributed by atoms with Gasteiger partial charge in [0.05, 0.1) is 22.3 Å². The molecule has 0 spiro atoms. The summed E-state index contributed by atoms with van der Waals surface area (Å²) < 4.78 is 0. The number of hydrogen-bond acceptors (Lipinski definition) is 2. The second kappa shape index (κ2) is 6.56. The molecule has 0 saturated carbocycles. The predicted molar refractivity (Wildman–Crippen MR) is 83.2 cm³/mol. The third-order valence-corrected chi connectivity index (χ3v) is 3.68. The Morgan fingerprint density at radius 2 is 1.95 bits per heavy atom. The van der Waals surface area contributed by atoms with Gasteiger partial charge in [-0.05, 0) is 35.9 Å². The highest BCUT2D eigenvalue weighted by Crippen LogP contribution is 2.23. The smallest absolute Gasteiger partial charge is 0.255 e. The minimum atomic E-state index is -0.238. The van der Waals surface area contributed by atoms with E-state index < -0.39 is 0 Å². The van der Waals surface area contributed by atoms with Crippen LogP contribution in [0.2, 0.25) is 5.02 Å². The molecule has 2 rings (SSSR count). The Morgan fingerprint density at radius 1 is 1.25 bits per heavy atom. The van der Waals surface area contributed by atoms with Gasteiger partial charge in [-0.15, -0.1) is 0 Å². The predicted octanol–water partition coefficient (Wildman–Crippen LogP) is 4.36. The zero-order valence-electron chi connectivity index (χ0n) is 10.4. The normalized spacial score (nSPS) is 9.85. The maximum absolute atomic E-state index is 12.1. The molecule has 0 heterocycles. The summed E-state index contributed by atoms with van der Waals surface area (Å²) in [6.45, 7) is 0. The lowest BCUT2D eigenvalue weighted by atomic mass is 10.1. The summed E-state index contributed by atoms with van der Waals surface area (Å²) in [6, 6.07) is 14.0. The Hall–Kier alpha value is -1.83. The van der Waals surface area contributed by atoms with Gasteiger partial charge >= 0.3 is 0 Å². The molecule has 0 radical (unpaired) electrons. The van der Waals surface area contributed by atoms with E-state index in [1.807, 2.05) is 18.2 Å². The number of nitrogens with zero attached hydrogens (tertiary/aromatic N) is 1. The molecular weight excluding hydrogens is 340 g/mol. The number of rotatable bonds is 3. The van der Waals surface area contributed by atoms with E-state index in [0.717, 1.165) is 10.9 Å². The molecule has 0 atom stereocenters. The van der Waals surface area contributed by atoms with Crippen LogP contribution in [0, 0.1) is 11.3 Å². The van der Waals surface area contributed by atoms with Gasteiger partial charge < -0.3 is 5.32 Å². The Bertz CT molecular complexity index is 677. The van der Waals surface area contributed by atoms with E-state index in [0.29, 0.717) is 21.8 Å². The number of hydrogen-bond donors (Lipinski definition) is 1. The second-order valence-electron chi connectivity index (χ2n) is 4.09. The number of benzene rings is 2. The van der Waals surface area contributed by atoms with E-state index in [-0.39, 0.29) is 5.91 Å². The molecule has 2 aromatic carbocycles. The molecule has 0 aliphatic rings. The van der Waals surface area contributed by atoms with Gasteiger partial charge in [-0.25, -0.2) is 0 Å². The summed E-state index contributed by atoms with van der Waals surface area (Å²) in [5.74, 6) is -0.238. The van der Waals surface area contributed by atoms with Crippen molar-refractivity contribution in [1.82, 2.24) is 0 Å². The maximum Gasteiger partial charge on any atom is 0.255 e. The van der Waals surface area contributed by atoms with Gasteiger partial charge in [-0.3, -0.25) is 4.79 Å². The van der Waals surface area contributed by atoms with Crippen LogP contribution in [0.4, 0.5) is 5.69 Å². The van der Waals surface area contributed by atoms with Crippen LogP contribution < -0.4 is 5.32 Å². The number of nitrogens with one attached hydrogen (secondary N) is 1. The quantitative estimate of drug-likeness (QED) is 0.837. The van der Waals surface area contributed by atoms with E-state index in [9.17, 15) is 4.79 Å². The van der Waals surface area contributed by atoms with Crippen LogP contribution in [0.3, 0.4) is 0 Å². The van der Waals surface area contributed by atoms with E-state index in [1.54, 1.807) is 24.3 Å². The number of amides is 1. The fraction of sp³-hybridized carbons (Fsp3) is 0.0667. The molecule has 0 bridgehead atoms. The summed E-state index contributed by atoms with van der Waals surface area (Å²) in [6.07, 6.45) is 0. The molecule has 1 N–H and O–H groups in total. The number of carbonyl (C=O) groups is 1. The third-order valence-electron chi connectivity index (χ3n) is 2.72. The van der Waals surface area contributed by atoms with Crippen LogP contribution >= 0.6 is 27.5 Å². The summed E-state index contributed by atoms with van der Waals surface area (Å²) in [7, 11) is 0. The molecule has 0 aromatic heterocycles. The van der Waals surface area contributed by atoms with Crippen molar-refractivity contribution in [2.45, 2.75) is 5.33 Å². The first-order valence-corrected chi connectivity index (χ1v) is 7.30. The zero-order chi connectivity index (χ0) is 14.5. The maximum atomic E-state index is 12.1. The molecule has 5 heteroatoms. The van der Waals surface area contributed by atoms with Crippen LogP contribution in [0.15, 0.2) is 42.5 Å². The van der Waals surface area contributed by atoms with Gasteiger partial charge in [0, 0.05) is 10.9 Å². The second-order valence-corrected chi connectivity index (χ2v) is 5.06. The highest BCUT2D eigenvalue weighted by Gasteiger charge is 2.09. The summed E-state index contributed by atoms with van der Waals surface area (Å²) >= 11 is 9.37. The standard InChI is InChI=1S/C15H10BrClN2O/c16-8-10-1-4-12(5-2-10)15(20)19-14-6-3-11(9-18)7-13(14)17/h1-7H,8H2,(H,19,20). The lowest BCUT2D eigenvalue weighted by Crippen LogP contribution is -2.12. The Kier molecular flexibility index (Phi) is 4.78. The molecule has 2 aromatic rings. The van der Waals surface area contributed by atoms with Crippen molar-refractivity contribution in [3.63, 3.8) is 0 Å². The number of anilines is 1. The Labute approximate surface area is 130 Å². The van der Waals surface area contributed by atoms with Crippen molar-refractivity contribution in [1.29, 1.82) is 5.26 Å². The number of alkyl halides is 1. The largest absolute Gasteiger partial charge is 0.321 e. The minimum absolute atomic E-state index is 0.238. The third kappa shape index (κ3) is 3.38. The average molecular weight is 350 g/mol. The molecule has 0 aliphatic heterocycles. The van der Waals surface area contributed by atoms with Gasteiger partial charge in [0.25, 0.3) is 5.91 Å². The fourth-order valence-electron chi connectivity index (χ4n) is 1.63. The van der Waals surface area contributed by atoms with Crippen LogP contribution in [0.1, 0.15) is 21.5 Å². The van der Waals surface area contributed by atoms with Crippen molar-refractivity contribution >= 4 is 39.1 Å². The van der Waals surface area contributed by atoms with E-state index in [2.05, 4.69) is 21.2 Å². The van der Waals surface area contributed by atoms with Crippen LogP contribution in [0.5, 0.6) is 0 Å². The first-order chi connectivity index (χ1) is 9.63. The van der Waals surface area contributed by atoms with Gasteiger partial charge in [0.15, 0.2) is 0 Å². The molecule has 3 nitrogen and oxygen atoms in total.